The van der Waals surface area contributed by atoms with Gasteiger partial charge in [0.15, 0.2) is 0 Å². The van der Waals surface area contributed by atoms with Crippen LogP contribution in [0, 0.1) is 32.6 Å². The number of carbonyl (C=O) groups is 2. The fraction of sp³-hybridized carbons (Fsp3) is 0.333. The van der Waals surface area contributed by atoms with Crippen LogP contribution < -0.4 is 10.4 Å². The van der Waals surface area contributed by atoms with Crippen molar-refractivity contribution in [3.05, 3.63) is 63.1 Å². The summed E-state index contributed by atoms with van der Waals surface area (Å²) in [6.45, 7) is 7.44. The maximum Gasteiger partial charge on any atom is 0.228 e. The monoisotopic (exact) mass is 416 g/mol. The summed E-state index contributed by atoms with van der Waals surface area (Å²) in [6, 6.07) is 11.5. The molecule has 1 N–H and O–H groups in total. The average Bonchev–Trinajstić information content (AvgIpc) is 2.54. The number of carboxylic acids is 1. The van der Waals surface area contributed by atoms with Gasteiger partial charge in [-0.1, -0.05) is 58.2 Å². The van der Waals surface area contributed by atoms with Crippen molar-refractivity contribution in [2.24, 2.45) is 11.8 Å². The van der Waals surface area contributed by atoms with Gasteiger partial charge < -0.3 is 15.2 Å². The quantitative estimate of drug-likeness (QED) is 0.782. The highest BCUT2D eigenvalue weighted by molar-refractivity contribution is 9.10. The molecule has 2 rings (SSSR count). The zero-order valence-electron chi connectivity index (χ0n) is 15.4. The van der Waals surface area contributed by atoms with Crippen molar-refractivity contribution in [1.29, 1.82) is 0 Å². The van der Waals surface area contributed by atoms with Crippen LogP contribution in [-0.4, -0.2) is 11.9 Å². The van der Waals surface area contributed by atoms with Crippen LogP contribution >= 0.6 is 15.9 Å². The molecule has 2 atom stereocenters. The summed E-state index contributed by atoms with van der Waals surface area (Å²) in [5.41, 5.74) is 4.80. The van der Waals surface area contributed by atoms with Crippen LogP contribution in [0.1, 0.15) is 29.2 Å². The minimum atomic E-state index is -1.22. The van der Waals surface area contributed by atoms with Crippen LogP contribution in [-0.2, 0) is 16.0 Å². The van der Waals surface area contributed by atoms with E-state index in [9.17, 15) is 14.7 Å². The maximum absolute atomic E-state index is 12.8. The van der Waals surface area contributed by atoms with Crippen LogP contribution in [0.5, 0.6) is 0 Å². The number of anilines is 1. The van der Waals surface area contributed by atoms with Crippen LogP contribution in [0.4, 0.5) is 5.69 Å². The van der Waals surface area contributed by atoms with E-state index in [-0.39, 0.29) is 5.91 Å². The predicted octanol–water partition coefficient (Wildman–Crippen LogP) is 3.56. The van der Waals surface area contributed by atoms with E-state index in [0.29, 0.717) is 12.1 Å². The number of hydrogen-bond acceptors (Lipinski definition) is 3. The van der Waals surface area contributed by atoms with Crippen molar-refractivity contribution >= 4 is 33.5 Å². The number of carboxylic acid groups (broad SMARTS) is 1. The Balaban J connectivity index is 2.26. The van der Waals surface area contributed by atoms with Crippen molar-refractivity contribution in [2.75, 3.05) is 5.32 Å². The summed E-state index contributed by atoms with van der Waals surface area (Å²) in [4.78, 5) is 24.2. The molecule has 0 saturated carbocycles. The van der Waals surface area contributed by atoms with E-state index in [1.165, 1.54) is 6.92 Å². The molecule has 0 bridgehead atoms. The zero-order chi connectivity index (χ0) is 19.4. The Morgan fingerprint density at radius 3 is 2.23 bits per heavy atom. The molecule has 0 heterocycles. The molecule has 2 aromatic rings. The predicted molar refractivity (Wildman–Crippen MR) is 105 cm³/mol. The molecule has 1 amide bonds. The molecule has 0 radical (unpaired) electrons. The van der Waals surface area contributed by atoms with Gasteiger partial charge in [0.1, 0.15) is 0 Å². The fourth-order valence-corrected chi connectivity index (χ4v) is 3.39. The van der Waals surface area contributed by atoms with E-state index in [2.05, 4.69) is 21.2 Å². The summed E-state index contributed by atoms with van der Waals surface area (Å²) in [5.74, 6) is -3.16. The lowest BCUT2D eigenvalue weighted by Gasteiger charge is -2.24. The largest absolute Gasteiger partial charge is 0.550 e. The van der Waals surface area contributed by atoms with Gasteiger partial charge in [0.05, 0.1) is 5.92 Å². The van der Waals surface area contributed by atoms with Gasteiger partial charge in [-0.2, -0.15) is 0 Å². The van der Waals surface area contributed by atoms with E-state index in [1.54, 1.807) is 6.07 Å². The van der Waals surface area contributed by atoms with Gasteiger partial charge in [-0.05, 0) is 50.5 Å². The number of aliphatic carboxylic acids is 1. The molecule has 4 nitrogen and oxygen atoms in total. The van der Waals surface area contributed by atoms with Gasteiger partial charge in [-0.3, -0.25) is 4.79 Å². The Morgan fingerprint density at radius 1 is 1.08 bits per heavy atom. The third-order valence-corrected chi connectivity index (χ3v) is 5.34. The van der Waals surface area contributed by atoms with Crippen molar-refractivity contribution in [2.45, 2.75) is 34.1 Å². The standard InChI is InChI=1S/C21H24BrNO3/c1-12-7-13(2)9-16(8-12)10-18(15(4)21(25)26)20(24)23-17-6-5-14(3)19(22)11-17/h5-9,11,15,18H,10H2,1-4H3,(H,23,24)(H,25,26)/p-1/t15-,18+/m1/s1. The number of rotatable bonds is 6. The number of carbonyl (C=O) groups excluding carboxylic acids is 2. The summed E-state index contributed by atoms with van der Waals surface area (Å²) in [6.07, 6.45) is 0.344. The molecule has 0 unspecified atom stereocenters. The Bertz CT molecular complexity index is 812. The first-order valence-electron chi connectivity index (χ1n) is 8.52. The second kappa shape index (κ2) is 8.49. The molecular formula is C21H23BrNO3-. The van der Waals surface area contributed by atoms with Crippen molar-refractivity contribution in [1.82, 2.24) is 0 Å². The first-order chi connectivity index (χ1) is 12.2. The van der Waals surface area contributed by atoms with E-state index in [4.69, 9.17) is 0 Å². The van der Waals surface area contributed by atoms with E-state index in [0.717, 1.165) is 26.7 Å². The third-order valence-electron chi connectivity index (χ3n) is 4.49. The second-order valence-electron chi connectivity index (χ2n) is 6.87. The SMILES string of the molecule is Cc1cc(C)cc(C[C@H](C(=O)Nc2ccc(C)c(Br)c2)[C@@H](C)C(=O)[O-])c1. The molecule has 5 heteroatoms. The van der Waals surface area contributed by atoms with Crippen molar-refractivity contribution in [3.8, 4) is 0 Å². The number of amides is 1. The van der Waals surface area contributed by atoms with Gasteiger partial charge in [0.25, 0.3) is 0 Å². The molecule has 0 saturated heterocycles. The Labute approximate surface area is 162 Å². The van der Waals surface area contributed by atoms with Crippen LogP contribution in [0.25, 0.3) is 0 Å². The zero-order valence-corrected chi connectivity index (χ0v) is 17.0. The normalized spacial score (nSPS) is 13.1. The van der Waals surface area contributed by atoms with E-state index >= 15 is 0 Å². The summed E-state index contributed by atoms with van der Waals surface area (Å²) in [5, 5.41) is 14.3. The first kappa shape index (κ1) is 20.2. The van der Waals surface area contributed by atoms with Gasteiger partial charge in [-0.15, -0.1) is 0 Å². The Hall–Kier alpha value is -2.14. The lowest BCUT2D eigenvalue weighted by molar-refractivity contribution is -0.312. The highest BCUT2D eigenvalue weighted by atomic mass is 79.9. The van der Waals surface area contributed by atoms with E-state index < -0.39 is 17.8 Å². The lowest BCUT2D eigenvalue weighted by atomic mass is 9.86. The maximum atomic E-state index is 12.8. The average molecular weight is 417 g/mol. The third kappa shape index (κ3) is 5.18. The number of benzene rings is 2. The van der Waals surface area contributed by atoms with Crippen molar-refractivity contribution < 1.29 is 14.7 Å². The van der Waals surface area contributed by atoms with Crippen LogP contribution in [0.15, 0.2) is 40.9 Å². The molecule has 0 aliphatic carbocycles. The molecule has 0 spiro atoms. The number of nitrogens with one attached hydrogen (secondary N) is 1. The van der Waals surface area contributed by atoms with Gasteiger partial charge in [-0.25, -0.2) is 0 Å². The van der Waals surface area contributed by atoms with Crippen LogP contribution in [0.3, 0.4) is 0 Å². The van der Waals surface area contributed by atoms with Gasteiger partial charge >= 0.3 is 0 Å². The van der Waals surface area contributed by atoms with E-state index in [1.807, 2.05) is 51.1 Å². The molecule has 2 aromatic carbocycles. The second-order valence-corrected chi connectivity index (χ2v) is 7.72. The first-order valence-corrected chi connectivity index (χ1v) is 9.31. The Morgan fingerprint density at radius 2 is 1.69 bits per heavy atom. The number of halogens is 1. The lowest BCUT2D eigenvalue weighted by Crippen LogP contribution is -2.40. The van der Waals surface area contributed by atoms with Crippen LogP contribution in [0.2, 0.25) is 0 Å². The van der Waals surface area contributed by atoms with Crippen molar-refractivity contribution in [3.63, 3.8) is 0 Å². The highest BCUT2D eigenvalue weighted by Crippen LogP contribution is 2.24. The summed E-state index contributed by atoms with van der Waals surface area (Å²) < 4.78 is 0.883. The van der Waals surface area contributed by atoms with Gasteiger partial charge in [0.2, 0.25) is 5.91 Å². The molecular weight excluding hydrogens is 394 g/mol. The summed E-state index contributed by atoms with van der Waals surface area (Å²) in [7, 11) is 0. The molecule has 0 aromatic heterocycles. The fourth-order valence-electron chi connectivity index (χ4n) is 3.01. The smallest absolute Gasteiger partial charge is 0.228 e. The topological polar surface area (TPSA) is 69.2 Å². The minimum absolute atomic E-state index is 0.323. The molecule has 26 heavy (non-hydrogen) atoms. The molecule has 0 aliphatic heterocycles. The highest BCUT2D eigenvalue weighted by Gasteiger charge is 2.26. The molecule has 0 aliphatic rings. The van der Waals surface area contributed by atoms with Gasteiger partial charge in [0, 0.05) is 22.0 Å². The molecule has 0 fully saturated rings. The minimum Gasteiger partial charge on any atom is -0.550 e. The summed E-state index contributed by atoms with van der Waals surface area (Å²) >= 11 is 3.44. The Kier molecular flexibility index (Phi) is 6.59. The number of hydrogen-bond donors (Lipinski definition) is 1. The molecule has 138 valence electrons. The number of aryl methyl sites for hydroxylation is 3.